The van der Waals surface area contributed by atoms with Gasteiger partial charge in [0.1, 0.15) is 0 Å². The Bertz CT molecular complexity index is 169. The van der Waals surface area contributed by atoms with Crippen LogP contribution in [0.1, 0.15) is 33.1 Å². The predicted molar refractivity (Wildman–Crippen MR) is 45.9 cm³/mol. The molecule has 1 saturated heterocycles. The summed E-state index contributed by atoms with van der Waals surface area (Å²) in [5, 5.41) is 0. The van der Waals surface area contributed by atoms with Crippen molar-refractivity contribution < 1.29 is 19.0 Å². The zero-order chi connectivity index (χ0) is 9.68. The minimum atomic E-state index is -0.801. The minimum Gasteiger partial charge on any atom is -0.410 e. The lowest BCUT2D eigenvalue weighted by Gasteiger charge is -2.18. The molecule has 0 aliphatic carbocycles. The maximum Gasteiger partial charge on any atom is 0.318 e. The molecule has 1 aliphatic heterocycles. The smallest absolute Gasteiger partial charge is 0.318 e. The number of carbonyl (C=O) groups excluding carboxylic acids is 1. The van der Waals surface area contributed by atoms with Crippen molar-refractivity contribution in [3.8, 4) is 0 Å². The monoisotopic (exact) mass is 188 g/mol. The molecule has 13 heavy (non-hydrogen) atoms. The van der Waals surface area contributed by atoms with Crippen molar-refractivity contribution in [3.05, 3.63) is 0 Å². The summed E-state index contributed by atoms with van der Waals surface area (Å²) in [5.41, 5.74) is 0. The molecule has 76 valence electrons. The molecule has 1 heterocycles. The van der Waals surface area contributed by atoms with Gasteiger partial charge >= 0.3 is 12.4 Å². The van der Waals surface area contributed by atoms with Gasteiger partial charge in [-0.1, -0.05) is 6.92 Å². The maximum absolute atomic E-state index is 10.6. The molecular weight excluding hydrogens is 172 g/mol. The van der Waals surface area contributed by atoms with Crippen LogP contribution < -0.4 is 0 Å². The Labute approximate surface area is 78.2 Å². The van der Waals surface area contributed by atoms with Crippen molar-refractivity contribution in [2.45, 2.75) is 45.7 Å². The second-order valence-corrected chi connectivity index (χ2v) is 3.08. The number of hydrogen-bond acceptors (Lipinski definition) is 4. The SMILES string of the molecule is CCC1CCCOC(OC(C)=O)O1. The summed E-state index contributed by atoms with van der Waals surface area (Å²) < 4.78 is 15.4. The lowest BCUT2D eigenvalue weighted by atomic mass is 10.1. The molecule has 1 fully saturated rings. The van der Waals surface area contributed by atoms with E-state index >= 15 is 0 Å². The normalized spacial score (nSPS) is 29.4. The lowest BCUT2D eigenvalue weighted by Crippen LogP contribution is -2.26. The summed E-state index contributed by atoms with van der Waals surface area (Å²) in [6, 6.07) is 0. The Morgan fingerprint density at radius 1 is 1.62 bits per heavy atom. The highest BCUT2D eigenvalue weighted by atomic mass is 16.9. The average molecular weight is 188 g/mol. The first kappa shape index (κ1) is 10.5. The zero-order valence-corrected chi connectivity index (χ0v) is 8.12. The standard InChI is InChI=1S/C9H16O4/c1-3-8-5-4-6-11-9(13-8)12-7(2)10/h8-9H,3-6H2,1-2H3. The van der Waals surface area contributed by atoms with E-state index in [0.717, 1.165) is 19.3 Å². The van der Waals surface area contributed by atoms with Crippen LogP contribution in [-0.4, -0.2) is 25.2 Å². The Kier molecular flexibility index (Phi) is 4.18. The number of rotatable bonds is 2. The van der Waals surface area contributed by atoms with Crippen LogP contribution >= 0.6 is 0 Å². The summed E-state index contributed by atoms with van der Waals surface area (Å²) in [4.78, 5) is 10.6. The average Bonchev–Trinajstić information content (AvgIpc) is 2.28. The lowest BCUT2D eigenvalue weighted by molar-refractivity contribution is -0.280. The fraction of sp³-hybridized carbons (Fsp3) is 0.889. The number of hydrogen-bond donors (Lipinski definition) is 0. The van der Waals surface area contributed by atoms with Crippen LogP contribution in [0.3, 0.4) is 0 Å². The van der Waals surface area contributed by atoms with E-state index in [4.69, 9.17) is 14.2 Å². The summed E-state index contributed by atoms with van der Waals surface area (Å²) in [5.74, 6) is -0.373. The highest BCUT2D eigenvalue weighted by Gasteiger charge is 2.21. The molecule has 2 unspecified atom stereocenters. The Hall–Kier alpha value is -0.610. The summed E-state index contributed by atoms with van der Waals surface area (Å²) >= 11 is 0. The van der Waals surface area contributed by atoms with Gasteiger partial charge in [0.15, 0.2) is 0 Å². The van der Waals surface area contributed by atoms with Gasteiger partial charge in [0.05, 0.1) is 12.7 Å². The van der Waals surface area contributed by atoms with Gasteiger partial charge in [0.25, 0.3) is 0 Å². The molecule has 0 bridgehead atoms. The second-order valence-electron chi connectivity index (χ2n) is 3.08. The highest BCUT2D eigenvalue weighted by molar-refractivity contribution is 5.65. The number of esters is 1. The molecular formula is C9H16O4. The maximum atomic E-state index is 10.6. The molecule has 4 heteroatoms. The Balaban J connectivity index is 2.39. The fourth-order valence-electron chi connectivity index (χ4n) is 1.25. The van der Waals surface area contributed by atoms with E-state index in [1.165, 1.54) is 6.92 Å². The zero-order valence-electron chi connectivity index (χ0n) is 8.12. The van der Waals surface area contributed by atoms with E-state index in [1.807, 2.05) is 6.92 Å². The summed E-state index contributed by atoms with van der Waals surface area (Å²) in [6.45, 7) is 3.18. The predicted octanol–water partition coefficient (Wildman–Crippen LogP) is 1.44. The van der Waals surface area contributed by atoms with Gasteiger partial charge in [0, 0.05) is 6.92 Å². The van der Waals surface area contributed by atoms with Crippen molar-refractivity contribution in [1.82, 2.24) is 0 Å². The Morgan fingerprint density at radius 3 is 3.00 bits per heavy atom. The first-order chi connectivity index (χ1) is 6.22. The molecule has 0 radical (unpaired) electrons. The first-order valence-corrected chi connectivity index (χ1v) is 4.66. The van der Waals surface area contributed by atoms with E-state index in [9.17, 15) is 4.79 Å². The Morgan fingerprint density at radius 2 is 2.38 bits per heavy atom. The molecule has 4 nitrogen and oxygen atoms in total. The van der Waals surface area contributed by atoms with Crippen LogP contribution in [0.5, 0.6) is 0 Å². The van der Waals surface area contributed by atoms with E-state index < -0.39 is 6.48 Å². The van der Waals surface area contributed by atoms with Crippen LogP contribution in [0.15, 0.2) is 0 Å². The van der Waals surface area contributed by atoms with Gasteiger partial charge in [-0.25, -0.2) is 0 Å². The van der Waals surface area contributed by atoms with Crippen molar-refractivity contribution in [3.63, 3.8) is 0 Å². The molecule has 0 N–H and O–H groups in total. The van der Waals surface area contributed by atoms with E-state index in [0.29, 0.717) is 6.61 Å². The van der Waals surface area contributed by atoms with Crippen molar-refractivity contribution in [2.75, 3.05) is 6.61 Å². The molecule has 2 atom stereocenters. The van der Waals surface area contributed by atoms with Gasteiger partial charge in [-0.15, -0.1) is 0 Å². The van der Waals surface area contributed by atoms with E-state index in [2.05, 4.69) is 0 Å². The molecule has 1 rings (SSSR count). The quantitative estimate of drug-likeness (QED) is 0.615. The van der Waals surface area contributed by atoms with Crippen LogP contribution in [0.2, 0.25) is 0 Å². The third-order valence-corrected chi connectivity index (χ3v) is 1.95. The molecule has 0 aromatic rings. The largest absolute Gasteiger partial charge is 0.410 e. The minimum absolute atomic E-state index is 0.145. The second kappa shape index (κ2) is 5.19. The van der Waals surface area contributed by atoms with Crippen molar-refractivity contribution in [2.24, 2.45) is 0 Å². The molecule has 0 amide bonds. The van der Waals surface area contributed by atoms with Gasteiger partial charge < -0.3 is 14.2 Å². The molecule has 1 aliphatic rings. The van der Waals surface area contributed by atoms with Gasteiger partial charge in [0.2, 0.25) is 0 Å². The molecule has 0 aromatic carbocycles. The third-order valence-electron chi connectivity index (χ3n) is 1.95. The van der Waals surface area contributed by atoms with Crippen molar-refractivity contribution >= 4 is 5.97 Å². The fourth-order valence-corrected chi connectivity index (χ4v) is 1.25. The first-order valence-electron chi connectivity index (χ1n) is 4.66. The van der Waals surface area contributed by atoms with Gasteiger partial charge in [-0.05, 0) is 19.3 Å². The van der Waals surface area contributed by atoms with Crippen molar-refractivity contribution in [1.29, 1.82) is 0 Å². The van der Waals surface area contributed by atoms with Crippen LogP contribution in [0.25, 0.3) is 0 Å². The number of carbonyl (C=O) groups is 1. The third kappa shape index (κ3) is 3.74. The molecule has 0 saturated carbocycles. The van der Waals surface area contributed by atoms with E-state index in [1.54, 1.807) is 0 Å². The van der Waals surface area contributed by atoms with Gasteiger partial charge in [-0.2, -0.15) is 0 Å². The van der Waals surface area contributed by atoms with Crippen LogP contribution in [-0.2, 0) is 19.0 Å². The molecule has 0 spiro atoms. The summed E-state index contributed by atoms with van der Waals surface area (Å²) in [7, 11) is 0. The van der Waals surface area contributed by atoms with E-state index in [-0.39, 0.29) is 12.1 Å². The molecule has 0 aromatic heterocycles. The topological polar surface area (TPSA) is 44.8 Å². The van der Waals surface area contributed by atoms with Gasteiger partial charge in [-0.3, -0.25) is 4.79 Å². The summed E-state index contributed by atoms with van der Waals surface area (Å²) in [6.07, 6.45) is 2.98. The number of ether oxygens (including phenoxy) is 3. The van der Waals surface area contributed by atoms with Crippen LogP contribution in [0, 0.1) is 0 Å². The van der Waals surface area contributed by atoms with Crippen LogP contribution in [0.4, 0.5) is 0 Å². The highest BCUT2D eigenvalue weighted by Crippen LogP contribution is 2.16.